The van der Waals surface area contributed by atoms with E-state index in [1.165, 1.54) is 7.11 Å². The lowest BCUT2D eigenvalue weighted by Crippen LogP contribution is -2.08. The van der Waals surface area contributed by atoms with Crippen molar-refractivity contribution in [3.05, 3.63) is 30.6 Å². The van der Waals surface area contributed by atoms with Crippen molar-refractivity contribution in [3.8, 4) is 0 Å². The maximum absolute atomic E-state index is 9.37. The van der Waals surface area contributed by atoms with Crippen LogP contribution in [0.1, 0.15) is 0 Å². The number of carbonyl (C=O) groups excluding carboxylic acids is 1. The summed E-state index contributed by atoms with van der Waals surface area (Å²) in [5.74, 6) is 0. The first kappa shape index (κ1) is 9.42. The van der Waals surface area contributed by atoms with Crippen LogP contribution in [-0.2, 0) is 4.74 Å². The Balaban J connectivity index is 0.000000187. The molecule has 0 unspecified atom stereocenters. The molecule has 0 radical (unpaired) electrons. The molecule has 1 heterocycles. The number of carbonyl (C=O) groups is 1. The molecule has 60 valence electrons. The zero-order chi connectivity index (χ0) is 8.53. The van der Waals surface area contributed by atoms with Crippen LogP contribution in [0.4, 0.5) is 4.79 Å². The predicted molar refractivity (Wildman–Crippen MR) is 40.8 cm³/mol. The van der Waals surface area contributed by atoms with Gasteiger partial charge >= 0.3 is 6.09 Å². The fourth-order valence-electron chi connectivity index (χ4n) is 0.313. The topological polar surface area (TPSA) is 65.2 Å². The number of amides is 1. The van der Waals surface area contributed by atoms with Gasteiger partial charge in [0, 0.05) is 12.4 Å². The summed E-state index contributed by atoms with van der Waals surface area (Å²) in [7, 11) is 1.22. The third-order valence-electron chi connectivity index (χ3n) is 0.768. The van der Waals surface area contributed by atoms with Crippen LogP contribution in [-0.4, -0.2) is 18.2 Å². The Hall–Kier alpha value is -1.58. The summed E-state index contributed by atoms with van der Waals surface area (Å²) in [6.45, 7) is 0. The average molecular weight is 154 g/mol. The van der Waals surface area contributed by atoms with E-state index in [1.807, 2.05) is 18.2 Å². The fourth-order valence-corrected chi connectivity index (χ4v) is 0.313. The number of aromatic nitrogens is 1. The molecular weight excluding hydrogens is 144 g/mol. The van der Waals surface area contributed by atoms with E-state index in [9.17, 15) is 4.79 Å². The second kappa shape index (κ2) is 6.54. The molecule has 11 heavy (non-hydrogen) atoms. The van der Waals surface area contributed by atoms with Gasteiger partial charge in [-0.25, -0.2) is 4.79 Å². The van der Waals surface area contributed by atoms with Crippen LogP contribution in [0.25, 0.3) is 0 Å². The number of methoxy groups -OCH3 is 1. The zero-order valence-electron chi connectivity index (χ0n) is 6.23. The van der Waals surface area contributed by atoms with Gasteiger partial charge in [-0.3, -0.25) is 4.98 Å². The Bertz CT molecular complexity index is 162. The Morgan fingerprint density at radius 3 is 1.91 bits per heavy atom. The lowest BCUT2D eigenvalue weighted by atomic mass is 10.5. The van der Waals surface area contributed by atoms with Crippen LogP contribution >= 0.6 is 0 Å². The predicted octanol–water partition coefficient (Wildman–Crippen LogP) is 0.793. The van der Waals surface area contributed by atoms with Gasteiger partial charge in [-0.05, 0) is 12.1 Å². The molecule has 0 saturated heterocycles. The number of hydrogen-bond donors (Lipinski definition) is 1. The number of pyridine rings is 1. The van der Waals surface area contributed by atoms with Crippen molar-refractivity contribution in [3.63, 3.8) is 0 Å². The number of ether oxygens (including phenoxy) is 1. The fraction of sp³-hybridized carbons (Fsp3) is 0.143. The van der Waals surface area contributed by atoms with Crippen molar-refractivity contribution in [1.29, 1.82) is 0 Å². The molecule has 0 aliphatic rings. The molecule has 1 aromatic heterocycles. The Morgan fingerprint density at radius 2 is 1.82 bits per heavy atom. The Kier molecular flexibility index (Phi) is 5.60. The van der Waals surface area contributed by atoms with Crippen LogP contribution in [0.3, 0.4) is 0 Å². The van der Waals surface area contributed by atoms with Crippen LogP contribution in [0.2, 0.25) is 0 Å². The maximum Gasteiger partial charge on any atom is 0.404 e. The van der Waals surface area contributed by atoms with Gasteiger partial charge in [0.1, 0.15) is 0 Å². The number of rotatable bonds is 0. The third kappa shape index (κ3) is 8.42. The Morgan fingerprint density at radius 1 is 1.36 bits per heavy atom. The van der Waals surface area contributed by atoms with E-state index in [-0.39, 0.29) is 0 Å². The Labute approximate surface area is 65.0 Å². The van der Waals surface area contributed by atoms with Crippen molar-refractivity contribution in [2.24, 2.45) is 5.73 Å². The highest BCUT2D eigenvalue weighted by atomic mass is 16.5. The van der Waals surface area contributed by atoms with E-state index in [4.69, 9.17) is 0 Å². The monoisotopic (exact) mass is 154 g/mol. The van der Waals surface area contributed by atoms with E-state index in [2.05, 4.69) is 15.5 Å². The minimum absolute atomic E-state index is 0.745. The molecule has 1 rings (SSSR count). The first-order valence-corrected chi connectivity index (χ1v) is 2.95. The zero-order valence-corrected chi connectivity index (χ0v) is 6.23. The van der Waals surface area contributed by atoms with Crippen LogP contribution in [0.15, 0.2) is 30.6 Å². The lowest BCUT2D eigenvalue weighted by Gasteiger charge is -1.81. The molecule has 4 nitrogen and oxygen atoms in total. The molecule has 0 aromatic carbocycles. The molecule has 0 spiro atoms. The highest BCUT2D eigenvalue weighted by Crippen LogP contribution is 1.73. The molecule has 0 fully saturated rings. The van der Waals surface area contributed by atoms with Crippen molar-refractivity contribution in [1.82, 2.24) is 4.98 Å². The van der Waals surface area contributed by atoms with Crippen LogP contribution in [0, 0.1) is 0 Å². The normalized spacial score (nSPS) is 7.36. The summed E-state index contributed by atoms with van der Waals surface area (Å²) < 4.78 is 3.89. The number of nitrogens with zero attached hydrogens (tertiary/aromatic N) is 1. The minimum Gasteiger partial charge on any atom is -0.453 e. The van der Waals surface area contributed by atoms with Crippen LogP contribution in [0.5, 0.6) is 0 Å². The molecule has 0 aliphatic heterocycles. The number of nitrogens with two attached hydrogens (primary N) is 1. The summed E-state index contributed by atoms with van der Waals surface area (Å²) in [4.78, 5) is 13.2. The first-order valence-electron chi connectivity index (χ1n) is 2.95. The van der Waals surface area contributed by atoms with Gasteiger partial charge in [0.2, 0.25) is 0 Å². The average Bonchev–Trinajstić information content (AvgIpc) is 2.09. The summed E-state index contributed by atoms with van der Waals surface area (Å²) in [6, 6.07) is 5.72. The molecule has 1 amide bonds. The molecule has 1 aromatic rings. The van der Waals surface area contributed by atoms with E-state index in [1.54, 1.807) is 12.4 Å². The van der Waals surface area contributed by atoms with Crippen molar-refractivity contribution in [2.45, 2.75) is 0 Å². The molecule has 2 N–H and O–H groups in total. The molecular formula is C7H10N2O2. The van der Waals surface area contributed by atoms with Crippen molar-refractivity contribution in [2.75, 3.05) is 7.11 Å². The van der Waals surface area contributed by atoms with E-state index < -0.39 is 6.09 Å². The molecule has 0 bridgehead atoms. The molecule has 4 heteroatoms. The minimum atomic E-state index is -0.745. The van der Waals surface area contributed by atoms with E-state index in [0.29, 0.717) is 0 Å². The molecule has 0 saturated carbocycles. The molecule has 0 aliphatic carbocycles. The molecule has 0 atom stereocenters. The maximum atomic E-state index is 9.37. The highest BCUT2D eigenvalue weighted by molar-refractivity contribution is 5.64. The van der Waals surface area contributed by atoms with Gasteiger partial charge < -0.3 is 10.5 Å². The SMILES string of the molecule is COC(N)=O.c1ccncc1. The van der Waals surface area contributed by atoms with Gasteiger partial charge in [-0.1, -0.05) is 6.07 Å². The van der Waals surface area contributed by atoms with Gasteiger partial charge in [0.05, 0.1) is 7.11 Å². The van der Waals surface area contributed by atoms with Gasteiger partial charge in [-0.15, -0.1) is 0 Å². The van der Waals surface area contributed by atoms with Gasteiger partial charge in [0.25, 0.3) is 0 Å². The summed E-state index contributed by atoms with van der Waals surface area (Å²) in [5, 5.41) is 0. The number of hydrogen-bond acceptors (Lipinski definition) is 3. The summed E-state index contributed by atoms with van der Waals surface area (Å²) in [6.07, 6.45) is 2.75. The van der Waals surface area contributed by atoms with Crippen molar-refractivity contribution < 1.29 is 9.53 Å². The van der Waals surface area contributed by atoms with Crippen molar-refractivity contribution >= 4 is 6.09 Å². The van der Waals surface area contributed by atoms with E-state index in [0.717, 1.165) is 0 Å². The standard InChI is InChI=1S/C5H5N.C2H5NO2/c1-2-4-6-5-3-1;1-5-2(3)4/h1-5H;1H3,(H2,3,4). The third-order valence-corrected chi connectivity index (χ3v) is 0.768. The largest absolute Gasteiger partial charge is 0.453 e. The summed E-state index contributed by atoms with van der Waals surface area (Å²) in [5.41, 5.74) is 4.43. The first-order chi connectivity index (χ1) is 5.27. The van der Waals surface area contributed by atoms with Gasteiger partial charge in [0.15, 0.2) is 0 Å². The highest BCUT2D eigenvalue weighted by Gasteiger charge is 1.76. The second-order valence-corrected chi connectivity index (χ2v) is 1.55. The smallest absolute Gasteiger partial charge is 0.404 e. The number of primary amides is 1. The second-order valence-electron chi connectivity index (χ2n) is 1.55. The summed E-state index contributed by atoms with van der Waals surface area (Å²) >= 11 is 0. The van der Waals surface area contributed by atoms with E-state index >= 15 is 0 Å². The van der Waals surface area contributed by atoms with Crippen LogP contribution < -0.4 is 5.73 Å². The van der Waals surface area contributed by atoms with Gasteiger partial charge in [-0.2, -0.15) is 0 Å². The lowest BCUT2D eigenvalue weighted by molar-refractivity contribution is 0.182. The quantitative estimate of drug-likeness (QED) is 0.600.